The van der Waals surface area contributed by atoms with E-state index in [9.17, 15) is 14.4 Å². The highest BCUT2D eigenvalue weighted by Gasteiger charge is 2.37. The molecule has 2 amide bonds. The fourth-order valence-corrected chi connectivity index (χ4v) is 2.88. The molecule has 2 aromatic rings. The van der Waals surface area contributed by atoms with Crippen LogP contribution in [0.3, 0.4) is 0 Å². The van der Waals surface area contributed by atoms with Gasteiger partial charge in [-0.1, -0.05) is 11.6 Å². The van der Waals surface area contributed by atoms with Gasteiger partial charge in [-0.2, -0.15) is 0 Å². The molecule has 2 aromatic heterocycles. The molecule has 27 heavy (non-hydrogen) atoms. The van der Waals surface area contributed by atoms with E-state index in [0.717, 1.165) is 0 Å². The lowest BCUT2D eigenvalue weighted by Crippen LogP contribution is -2.33. The highest BCUT2D eigenvalue weighted by Crippen LogP contribution is 2.23. The number of halogens is 1. The molecule has 0 aliphatic carbocycles. The summed E-state index contributed by atoms with van der Waals surface area (Å²) in [5, 5.41) is 2.69. The summed E-state index contributed by atoms with van der Waals surface area (Å²) in [5.41, 5.74) is 0.327. The van der Waals surface area contributed by atoms with Crippen molar-refractivity contribution >= 4 is 35.1 Å². The van der Waals surface area contributed by atoms with Crippen molar-refractivity contribution in [1.82, 2.24) is 9.88 Å². The van der Waals surface area contributed by atoms with Crippen LogP contribution < -0.4 is 5.32 Å². The Morgan fingerprint density at radius 2 is 2.26 bits per heavy atom. The zero-order chi connectivity index (χ0) is 19.4. The van der Waals surface area contributed by atoms with Crippen LogP contribution in [0.5, 0.6) is 0 Å². The summed E-state index contributed by atoms with van der Waals surface area (Å²) in [6.45, 7) is 1.97. The van der Waals surface area contributed by atoms with Gasteiger partial charge in [0, 0.05) is 19.2 Å². The number of amides is 2. The number of hydrogen-bond donors (Lipinski definition) is 1. The van der Waals surface area contributed by atoms with E-state index in [1.165, 1.54) is 24.3 Å². The second-order valence-corrected chi connectivity index (χ2v) is 6.52. The summed E-state index contributed by atoms with van der Waals surface area (Å²) in [5.74, 6) is -1.27. The van der Waals surface area contributed by atoms with Gasteiger partial charge in [0.2, 0.25) is 5.91 Å². The number of hydrogen-bond acceptors (Lipinski definition) is 6. The number of aromatic nitrogens is 1. The van der Waals surface area contributed by atoms with E-state index in [4.69, 9.17) is 20.8 Å². The molecule has 8 nitrogen and oxygen atoms in total. The van der Waals surface area contributed by atoms with Gasteiger partial charge < -0.3 is 19.4 Å². The van der Waals surface area contributed by atoms with E-state index < -0.39 is 23.9 Å². The molecule has 1 N–H and O–H groups in total. The summed E-state index contributed by atoms with van der Waals surface area (Å²) >= 11 is 5.89. The third kappa shape index (κ3) is 4.65. The van der Waals surface area contributed by atoms with Crippen molar-refractivity contribution in [2.24, 2.45) is 5.92 Å². The first-order chi connectivity index (χ1) is 12.9. The molecule has 1 fully saturated rings. The molecule has 2 atom stereocenters. The van der Waals surface area contributed by atoms with Gasteiger partial charge in [-0.15, -0.1) is 0 Å². The highest BCUT2D eigenvalue weighted by molar-refractivity contribution is 6.32. The summed E-state index contributed by atoms with van der Waals surface area (Å²) < 4.78 is 10.4. The lowest BCUT2D eigenvalue weighted by Gasteiger charge is -2.17. The van der Waals surface area contributed by atoms with Crippen LogP contribution in [0, 0.1) is 5.92 Å². The predicted octanol–water partition coefficient (Wildman–Crippen LogP) is 2.25. The van der Waals surface area contributed by atoms with Crippen LogP contribution in [0.2, 0.25) is 5.15 Å². The first-order valence-corrected chi connectivity index (χ1v) is 8.74. The van der Waals surface area contributed by atoms with E-state index in [0.29, 0.717) is 18.0 Å². The summed E-state index contributed by atoms with van der Waals surface area (Å²) in [7, 11) is 0. The third-order valence-corrected chi connectivity index (χ3v) is 4.45. The van der Waals surface area contributed by atoms with E-state index in [2.05, 4.69) is 10.3 Å². The van der Waals surface area contributed by atoms with Crippen LogP contribution in [0.4, 0.5) is 5.69 Å². The molecule has 1 aliphatic rings. The average Bonchev–Trinajstić information content (AvgIpc) is 3.27. The van der Waals surface area contributed by atoms with Crippen molar-refractivity contribution in [3.63, 3.8) is 0 Å². The summed E-state index contributed by atoms with van der Waals surface area (Å²) in [6.07, 6.45) is 2.02. The number of pyridine rings is 1. The molecule has 0 spiro atoms. The number of carbonyl (C=O) groups excluding carboxylic acids is 3. The minimum absolute atomic E-state index is 0.0440. The lowest BCUT2D eigenvalue weighted by atomic mass is 10.1. The summed E-state index contributed by atoms with van der Waals surface area (Å²) in [4.78, 5) is 42.0. The molecule has 9 heteroatoms. The Morgan fingerprint density at radius 1 is 1.44 bits per heavy atom. The number of esters is 1. The number of likely N-dealkylation sites (tertiary alicyclic amines) is 1. The Hall–Kier alpha value is -2.87. The molecule has 142 valence electrons. The number of nitrogens with zero attached hydrogens (tertiary/aromatic N) is 2. The zero-order valence-corrected chi connectivity index (χ0v) is 15.3. The van der Waals surface area contributed by atoms with Crippen LogP contribution in [-0.4, -0.2) is 40.3 Å². The zero-order valence-electron chi connectivity index (χ0n) is 14.6. The maximum Gasteiger partial charge on any atom is 0.312 e. The lowest BCUT2D eigenvalue weighted by molar-refractivity contribution is -0.157. The third-order valence-electron chi connectivity index (χ3n) is 4.15. The smallest absolute Gasteiger partial charge is 0.312 e. The van der Waals surface area contributed by atoms with E-state index >= 15 is 0 Å². The average molecular weight is 392 g/mol. The van der Waals surface area contributed by atoms with Crippen molar-refractivity contribution in [1.29, 1.82) is 0 Å². The van der Waals surface area contributed by atoms with Crippen molar-refractivity contribution in [2.75, 3.05) is 11.9 Å². The number of carbonyl (C=O) groups is 3. The van der Waals surface area contributed by atoms with Crippen LogP contribution >= 0.6 is 11.6 Å². The molecular formula is C18H18ClN3O5. The molecule has 1 saturated heterocycles. The highest BCUT2D eigenvalue weighted by atomic mass is 35.5. The SMILES string of the molecule is C[C@@H](OC(=O)[C@H]1CC(=O)N(Cc2ccco2)C1)C(=O)Nc1cccnc1Cl. The van der Waals surface area contributed by atoms with E-state index in [-0.39, 0.29) is 24.0 Å². The van der Waals surface area contributed by atoms with Crippen LogP contribution in [0.15, 0.2) is 41.1 Å². The Kier molecular flexibility index (Phi) is 5.75. The number of furan rings is 1. The topological polar surface area (TPSA) is 102 Å². The van der Waals surface area contributed by atoms with Gasteiger partial charge in [0.15, 0.2) is 11.3 Å². The maximum atomic E-state index is 12.3. The Bertz CT molecular complexity index is 839. The van der Waals surface area contributed by atoms with E-state index in [1.807, 2.05) is 0 Å². The molecule has 3 rings (SSSR count). The number of anilines is 1. The predicted molar refractivity (Wildman–Crippen MR) is 95.7 cm³/mol. The Morgan fingerprint density at radius 3 is 2.96 bits per heavy atom. The van der Waals surface area contributed by atoms with Gasteiger partial charge in [0.1, 0.15) is 5.76 Å². The molecule has 0 bridgehead atoms. The minimum Gasteiger partial charge on any atom is -0.467 e. The van der Waals surface area contributed by atoms with Crippen molar-refractivity contribution in [3.05, 3.63) is 47.6 Å². The Balaban J connectivity index is 1.53. The number of nitrogens with one attached hydrogen (secondary N) is 1. The van der Waals surface area contributed by atoms with Gasteiger partial charge in [-0.05, 0) is 31.2 Å². The molecule has 0 unspecified atom stereocenters. The minimum atomic E-state index is -1.04. The second-order valence-electron chi connectivity index (χ2n) is 6.16. The van der Waals surface area contributed by atoms with Gasteiger partial charge in [-0.3, -0.25) is 14.4 Å². The summed E-state index contributed by atoms with van der Waals surface area (Å²) in [6, 6.07) is 6.70. The first kappa shape index (κ1) is 18.9. The monoisotopic (exact) mass is 391 g/mol. The van der Waals surface area contributed by atoms with Gasteiger partial charge in [-0.25, -0.2) is 4.98 Å². The molecular weight excluding hydrogens is 374 g/mol. The van der Waals surface area contributed by atoms with Gasteiger partial charge >= 0.3 is 5.97 Å². The maximum absolute atomic E-state index is 12.3. The number of ether oxygens (including phenoxy) is 1. The van der Waals surface area contributed by atoms with Crippen molar-refractivity contribution < 1.29 is 23.5 Å². The van der Waals surface area contributed by atoms with Gasteiger partial charge in [0.25, 0.3) is 5.91 Å². The van der Waals surface area contributed by atoms with Gasteiger partial charge in [0.05, 0.1) is 24.4 Å². The number of rotatable bonds is 6. The fourth-order valence-electron chi connectivity index (χ4n) is 2.71. The van der Waals surface area contributed by atoms with Crippen LogP contribution in [-0.2, 0) is 25.7 Å². The molecule has 0 radical (unpaired) electrons. The molecule has 3 heterocycles. The molecule has 1 aliphatic heterocycles. The standard InChI is InChI=1S/C18H18ClN3O5/c1-11(17(24)21-14-5-2-6-20-16(14)19)27-18(25)12-8-15(23)22(9-12)10-13-4-3-7-26-13/h2-7,11-12H,8-10H2,1H3,(H,21,24)/t11-,12+/m1/s1. The largest absolute Gasteiger partial charge is 0.467 e. The van der Waals surface area contributed by atoms with Crippen LogP contribution in [0.25, 0.3) is 0 Å². The first-order valence-electron chi connectivity index (χ1n) is 8.36. The van der Waals surface area contributed by atoms with Crippen molar-refractivity contribution in [3.8, 4) is 0 Å². The fraction of sp³-hybridized carbons (Fsp3) is 0.333. The quantitative estimate of drug-likeness (QED) is 0.598. The Labute approximate surface area is 160 Å². The molecule has 0 saturated carbocycles. The van der Waals surface area contributed by atoms with E-state index in [1.54, 1.807) is 24.3 Å². The normalized spacial score (nSPS) is 17.6. The second kappa shape index (κ2) is 8.22. The molecule has 0 aromatic carbocycles. The van der Waals surface area contributed by atoms with Crippen LogP contribution in [0.1, 0.15) is 19.1 Å². The van der Waals surface area contributed by atoms with Crippen molar-refractivity contribution in [2.45, 2.75) is 26.0 Å².